The number of rotatable bonds is 9. The predicted molar refractivity (Wildman–Crippen MR) is 126 cm³/mol. The first-order valence-electron chi connectivity index (χ1n) is 10.9. The maximum atomic E-state index is 12.6. The van der Waals surface area contributed by atoms with Crippen molar-refractivity contribution < 1.29 is 23.6 Å². The number of carbonyl (C=O) groups is 2. The first-order chi connectivity index (χ1) is 16.6. The van der Waals surface area contributed by atoms with E-state index in [4.69, 9.17) is 14.0 Å². The largest absolute Gasteiger partial charge is 0.452 e. The molecule has 9 nitrogen and oxygen atoms in total. The van der Waals surface area contributed by atoms with E-state index in [0.29, 0.717) is 33.6 Å². The Morgan fingerprint density at radius 3 is 2.62 bits per heavy atom. The summed E-state index contributed by atoms with van der Waals surface area (Å²) in [6.45, 7) is 5.57. The van der Waals surface area contributed by atoms with E-state index < -0.39 is 11.9 Å². The molecule has 2 aromatic carbocycles. The Kier molecular flexibility index (Phi) is 8.29. The van der Waals surface area contributed by atoms with Crippen LogP contribution in [0.4, 0.5) is 5.69 Å². The highest BCUT2D eigenvalue weighted by Gasteiger charge is 2.16. The number of aryl methyl sites for hydroxylation is 1. The quantitative estimate of drug-likeness (QED) is 0.363. The molecule has 1 aromatic heterocycles. The van der Waals surface area contributed by atoms with Crippen LogP contribution < -0.4 is 5.32 Å². The van der Waals surface area contributed by atoms with E-state index >= 15 is 0 Å². The van der Waals surface area contributed by atoms with E-state index in [9.17, 15) is 9.59 Å². The van der Waals surface area contributed by atoms with Gasteiger partial charge in [-0.3, -0.25) is 9.69 Å². The molecule has 0 bridgehead atoms. The Bertz CT molecular complexity index is 1110. The van der Waals surface area contributed by atoms with Crippen molar-refractivity contribution in [3.8, 4) is 0 Å². The summed E-state index contributed by atoms with van der Waals surface area (Å²) < 4.78 is 15.7. The van der Waals surface area contributed by atoms with Crippen LogP contribution in [0.1, 0.15) is 27.6 Å². The molecule has 1 aliphatic rings. The van der Waals surface area contributed by atoms with Gasteiger partial charge in [-0.1, -0.05) is 29.4 Å². The lowest BCUT2D eigenvalue weighted by molar-refractivity contribution is -0.119. The number of benzene rings is 2. The molecule has 2 heterocycles. The van der Waals surface area contributed by atoms with Crippen LogP contribution in [0.15, 0.2) is 57.9 Å². The van der Waals surface area contributed by atoms with Crippen LogP contribution >= 0.6 is 11.8 Å². The lowest BCUT2D eigenvalue weighted by Gasteiger charge is -2.26. The number of morpholine rings is 1. The molecule has 0 radical (unpaired) electrons. The van der Waals surface area contributed by atoms with Gasteiger partial charge in [0, 0.05) is 30.2 Å². The first-order valence-corrected chi connectivity index (χ1v) is 11.9. The van der Waals surface area contributed by atoms with Gasteiger partial charge in [-0.25, -0.2) is 4.79 Å². The van der Waals surface area contributed by atoms with Gasteiger partial charge in [0.15, 0.2) is 12.4 Å². The van der Waals surface area contributed by atoms with Crippen LogP contribution in [0.2, 0.25) is 0 Å². The van der Waals surface area contributed by atoms with Gasteiger partial charge in [0.25, 0.3) is 5.91 Å². The van der Waals surface area contributed by atoms with Crippen LogP contribution in [0.5, 0.6) is 0 Å². The van der Waals surface area contributed by atoms with Crippen molar-refractivity contribution in [2.45, 2.75) is 24.1 Å². The Hall–Kier alpha value is -3.21. The van der Waals surface area contributed by atoms with E-state index in [-0.39, 0.29) is 6.61 Å². The van der Waals surface area contributed by atoms with Crippen molar-refractivity contribution in [2.24, 2.45) is 0 Å². The van der Waals surface area contributed by atoms with Crippen LogP contribution in [0.3, 0.4) is 0 Å². The number of anilines is 1. The Morgan fingerprint density at radius 2 is 1.88 bits per heavy atom. The lowest BCUT2D eigenvalue weighted by atomic mass is 10.2. The second-order valence-electron chi connectivity index (χ2n) is 7.73. The zero-order valence-corrected chi connectivity index (χ0v) is 19.7. The molecule has 1 fully saturated rings. The Balaban J connectivity index is 1.25. The molecule has 1 saturated heterocycles. The van der Waals surface area contributed by atoms with E-state index in [1.54, 1.807) is 19.1 Å². The SMILES string of the molecule is Cc1noc(CSc2ccccc2C(=O)OCC(=O)Nc2ccc(CN3CCOCC3)cc2)n1. The number of nitrogens with zero attached hydrogens (tertiary/aromatic N) is 3. The topological polar surface area (TPSA) is 107 Å². The van der Waals surface area contributed by atoms with E-state index in [0.717, 1.165) is 38.4 Å². The Labute approximate surface area is 201 Å². The number of aromatic nitrogens is 2. The monoisotopic (exact) mass is 482 g/mol. The molecule has 1 N–H and O–H groups in total. The van der Waals surface area contributed by atoms with Gasteiger partial charge < -0.3 is 19.3 Å². The van der Waals surface area contributed by atoms with Gasteiger partial charge in [0.2, 0.25) is 5.89 Å². The molecule has 0 saturated carbocycles. The van der Waals surface area contributed by atoms with E-state index in [1.807, 2.05) is 36.4 Å². The van der Waals surface area contributed by atoms with Crippen LogP contribution in [-0.4, -0.2) is 59.8 Å². The third-order valence-corrected chi connectivity index (χ3v) is 6.17. The molecule has 0 aliphatic carbocycles. The fourth-order valence-electron chi connectivity index (χ4n) is 3.42. The van der Waals surface area contributed by atoms with Gasteiger partial charge in [-0.15, -0.1) is 11.8 Å². The number of hydrogen-bond acceptors (Lipinski definition) is 9. The molecule has 10 heteroatoms. The fraction of sp³-hybridized carbons (Fsp3) is 0.333. The molecule has 1 amide bonds. The molecule has 34 heavy (non-hydrogen) atoms. The average molecular weight is 483 g/mol. The van der Waals surface area contributed by atoms with Crippen LogP contribution in [0.25, 0.3) is 0 Å². The molecule has 178 valence electrons. The number of esters is 1. The van der Waals surface area contributed by atoms with E-state index in [1.165, 1.54) is 11.8 Å². The zero-order valence-electron chi connectivity index (χ0n) is 18.9. The second-order valence-corrected chi connectivity index (χ2v) is 8.75. The van der Waals surface area contributed by atoms with Crippen molar-refractivity contribution in [2.75, 3.05) is 38.2 Å². The summed E-state index contributed by atoms with van der Waals surface area (Å²) in [5, 5.41) is 6.52. The lowest BCUT2D eigenvalue weighted by Crippen LogP contribution is -2.35. The van der Waals surface area contributed by atoms with Gasteiger partial charge in [-0.2, -0.15) is 4.98 Å². The zero-order chi connectivity index (χ0) is 23.8. The van der Waals surface area contributed by atoms with Gasteiger partial charge in [0.05, 0.1) is 24.5 Å². The summed E-state index contributed by atoms with van der Waals surface area (Å²) in [5.74, 6) is 0.483. The average Bonchev–Trinajstić information content (AvgIpc) is 3.28. The standard InChI is InChI=1S/C24H26N4O5S/c1-17-25-23(33-27-17)16-34-21-5-3-2-4-20(21)24(30)32-15-22(29)26-19-8-6-18(7-9-19)14-28-10-12-31-13-11-28/h2-9H,10-16H2,1H3,(H,26,29). The molecule has 1 aliphatic heterocycles. The number of thioether (sulfide) groups is 1. The van der Waals surface area contributed by atoms with Gasteiger partial charge in [-0.05, 0) is 36.8 Å². The first kappa shape index (κ1) is 23.9. The number of hydrogen-bond donors (Lipinski definition) is 1. The highest BCUT2D eigenvalue weighted by Crippen LogP contribution is 2.26. The molecule has 4 rings (SSSR count). The number of nitrogens with one attached hydrogen (secondary N) is 1. The highest BCUT2D eigenvalue weighted by atomic mass is 32.2. The molecule has 3 aromatic rings. The summed E-state index contributed by atoms with van der Waals surface area (Å²) in [5.41, 5.74) is 2.19. The Morgan fingerprint density at radius 1 is 1.12 bits per heavy atom. The summed E-state index contributed by atoms with van der Waals surface area (Å²) in [4.78, 5) is 32.1. The van der Waals surface area contributed by atoms with Gasteiger partial charge >= 0.3 is 5.97 Å². The molecular weight excluding hydrogens is 456 g/mol. The van der Waals surface area contributed by atoms with Crippen molar-refractivity contribution in [1.29, 1.82) is 0 Å². The normalized spacial score (nSPS) is 14.0. The fourth-order valence-corrected chi connectivity index (χ4v) is 4.29. The molecule has 0 unspecified atom stereocenters. The maximum Gasteiger partial charge on any atom is 0.339 e. The second kappa shape index (κ2) is 11.8. The third kappa shape index (κ3) is 6.89. The van der Waals surface area contributed by atoms with Crippen LogP contribution in [0, 0.1) is 6.92 Å². The van der Waals surface area contributed by atoms with Crippen molar-refractivity contribution >= 4 is 29.3 Å². The molecular formula is C24H26N4O5S. The number of amides is 1. The van der Waals surface area contributed by atoms with Gasteiger partial charge in [0.1, 0.15) is 0 Å². The molecule has 0 spiro atoms. The smallest absolute Gasteiger partial charge is 0.339 e. The minimum Gasteiger partial charge on any atom is -0.452 e. The summed E-state index contributed by atoms with van der Waals surface area (Å²) in [6.07, 6.45) is 0. The third-order valence-electron chi connectivity index (χ3n) is 5.11. The molecule has 0 atom stereocenters. The van der Waals surface area contributed by atoms with Crippen LogP contribution in [-0.2, 0) is 26.6 Å². The summed E-state index contributed by atoms with van der Waals surface area (Å²) >= 11 is 1.38. The number of ether oxygens (including phenoxy) is 2. The van der Waals surface area contributed by atoms with Crippen molar-refractivity contribution in [1.82, 2.24) is 15.0 Å². The van der Waals surface area contributed by atoms with Crippen molar-refractivity contribution in [3.63, 3.8) is 0 Å². The predicted octanol–water partition coefficient (Wildman–Crippen LogP) is 3.30. The number of carbonyl (C=O) groups excluding carboxylic acids is 2. The summed E-state index contributed by atoms with van der Waals surface area (Å²) in [7, 11) is 0. The highest BCUT2D eigenvalue weighted by molar-refractivity contribution is 7.98. The maximum absolute atomic E-state index is 12.6. The summed E-state index contributed by atoms with van der Waals surface area (Å²) in [6, 6.07) is 14.7. The minimum absolute atomic E-state index is 0.379. The van der Waals surface area contributed by atoms with Crippen molar-refractivity contribution in [3.05, 3.63) is 71.4 Å². The van der Waals surface area contributed by atoms with E-state index in [2.05, 4.69) is 20.4 Å². The minimum atomic E-state index is -0.569.